The van der Waals surface area contributed by atoms with Crippen molar-refractivity contribution in [2.45, 2.75) is 12.7 Å². The van der Waals surface area contributed by atoms with E-state index in [2.05, 4.69) is 4.98 Å². The number of aromatic nitrogens is 1. The van der Waals surface area contributed by atoms with Crippen molar-refractivity contribution in [3.63, 3.8) is 0 Å². The van der Waals surface area contributed by atoms with Crippen LogP contribution in [-0.4, -0.2) is 17.6 Å². The van der Waals surface area contributed by atoms with E-state index in [1.807, 2.05) is 48.5 Å². The van der Waals surface area contributed by atoms with Crippen LogP contribution in [0.1, 0.15) is 18.2 Å². The number of thioether (sulfide) groups is 1. The number of esters is 1. The van der Waals surface area contributed by atoms with Gasteiger partial charge >= 0.3 is 5.97 Å². The van der Waals surface area contributed by atoms with Crippen LogP contribution in [0.25, 0.3) is 4.91 Å². The van der Waals surface area contributed by atoms with Gasteiger partial charge < -0.3 is 4.74 Å². The van der Waals surface area contributed by atoms with Gasteiger partial charge in [0.15, 0.2) is 0 Å². The van der Waals surface area contributed by atoms with E-state index in [9.17, 15) is 4.79 Å². The highest BCUT2D eigenvalue weighted by Crippen LogP contribution is 2.29. The van der Waals surface area contributed by atoms with Crippen LogP contribution in [0.3, 0.4) is 0 Å². The lowest BCUT2D eigenvalue weighted by molar-refractivity contribution is -0.137. The van der Waals surface area contributed by atoms with Crippen LogP contribution in [0.5, 0.6) is 0 Å². The van der Waals surface area contributed by atoms with Crippen molar-refractivity contribution in [1.29, 1.82) is 0 Å². The topological polar surface area (TPSA) is 39.2 Å². The number of pyridine rings is 1. The van der Waals surface area contributed by atoms with Crippen molar-refractivity contribution in [3.8, 4) is 0 Å². The molecule has 0 fully saturated rings. The number of hydrogen-bond acceptors (Lipinski definition) is 4. The number of rotatable bonds is 6. The van der Waals surface area contributed by atoms with Crippen LogP contribution in [0.2, 0.25) is 0 Å². The van der Waals surface area contributed by atoms with Gasteiger partial charge in [-0.15, -0.1) is 11.8 Å². The fourth-order valence-electron chi connectivity index (χ4n) is 1.74. The molecule has 0 bridgehead atoms. The Hall–Kier alpha value is -2.07. The highest BCUT2D eigenvalue weighted by molar-refractivity contribution is 8.07. The normalized spacial score (nSPS) is 11.2. The van der Waals surface area contributed by atoms with Crippen LogP contribution in [0.15, 0.2) is 60.8 Å². The maximum atomic E-state index is 11.7. The van der Waals surface area contributed by atoms with E-state index >= 15 is 0 Å². The summed E-state index contributed by atoms with van der Waals surface area (Å²) in [4.78, 5) is 16.9. The first kappa shape index (κ1) is 15.3. The largest absolute Gasteiger partial charge is 0.463 e. The first-order valence-corrected chi connectivity index (χ1v) is 7.74. The predicted molar refractivity (Wildman–Crippen MR) is 86.6 cm³/mol. The van der Waals surface area contributed by atoms with E-state index in [0.29, 0.717) is 12.4 Å². The molecule has 0 N–H and O–H groups in total. The van der Waals surface area contributed by atoms with Gasteiger partial charge in [-0.25, -0.2) is 4.79 Å². The van der Waals surface area contributed by atoms with Crippen LogP contribution >= 0.6 is 11.8 Å². The molecule has 0 radical (unpaired) electrons. The standard InChI is InChI=1S/C17H17NO2S/c1-2-20-17(19)12-16(14-8-4-3-5-9-14)21-13-15-10-6-7-11-18-15/h3-12H,2,13H2,1H3/b16-12-. The maximum absolute atomic E-state index is 11.7. The number of hydrogen-bond donors (Lipinski definition) is 0. The summed E-state index contributed by atoms with van der Waals surface area (Å²) in [6.07, 6.45) is 3.32. The molecule has 0 spiro atoms. The smallest absolute Gasteiger partial charge is 0.331 e. The third-order valence-corrected chi connectivity index (χ3v) is 3.80. The van der Waals surface area contributed by atoms with Gasteiger partial charge in [0.05, 0.1) is 12.3 Å². The molecule has 3 nitrogen and oxygen atoms in total. The summed E-state index contributed by atoms with van der Waals surface area (Å²) < 4.78 is 5.00. The highest BCUT2D eigenvalue weighted by atomic mass is 32.2. The first-order chi connectivity index (χ1) is 10.3. The zero-order valence-electron chi connectivity index (χ0n) is 11.9. The van der Waals surface area contributed by atoms with E-state index in [0.717, 1.165) is 16.2 Å². The predicted octanol–water partition coefficient (Wildman–Crippen LogP) is 3.92. The second kappa shape index (κ2) is 8.27. The van der Waals surface area contributed by atoms with E-state index in [1.54, 1.807) is 31.0 Å². The third-order valence-electron chi connectivity index (χ3n) is 2.70. The molecule has 108 valence electrons. The van der Waals surface area contributed by atoms with Crippen molar-refractivity contribution in [1.82, 2.24) is 4.98 Å². The van der Waals surface area contributed by atoms with Gasteiger partial charge in [-0.2, -0.15) is 0 Å². The van der Waals surface area contributed by atoms with Crippen LogP contribution in [-0.2, 0) is 15.3 Å². The van der Waals surface area contributed by atoms with Crippen LogP contribution < -0.4 is 0 Å². The fraction of sp³-hybridized carbons (Fsp3) is 0.176. The summed E-state index contributed by atoms with van der Waals surface area (Å²) in [6, 6.07) is 15.6. The van der Waals surface area contributed by atoms with Crippen LogP contribution in [0, 0.1) is 0 Å². The average molecular weight is 299 g/mol. The summed E-state index contributed by atoms with van der Waals surface area (Å²) in [7, 11) is 0. The summed E-state index contributed by atoms with van der Waals surface area (Å²) >= 11 is 1.58. The molecule has 0 aliphatic carbocycles. The Labute approximate surface area is 129 Å². The Bertz CT molecular complexity index is 597. The number of nitrogens with zero attached hydrogens (tertiary/aromatic N) is 1. The molecule has 0 unspecified atom stereocenters. The van der Waals surface area contributed by atoms with Crippen LogP contribution in [0.4, 0.5) is 0 Å². The molecule has 21 heavy (non-hydrogen) atoms. The monoisotopic (exact) mass is 299 g/mol. The number of ether oxygens (including phenoxy) is 1. The molecular formula is C17H17NO2S. The summed E-state index contributed by atoms with van der Waals surface area (Å²) in [5, 5.41) is 0. The molecule has 0 saturated heterocycles. The van der Waals surface area contributed by atoms with Gasteiger partial charge in [-0.1, -0.05) is 36.4 Å². The Balaban J connectivity index is 2.14. The molecule has 2 rings (SSSR count). The lowest BCUT2D eigenvalue weighted by Gasteiger charge is -2.07. The van der Waals surface area contributed by atoms with Gasteiger partial charge in [-0.05, 0) is 24.6 Å². The number of benzene rings is 1. The average Bonchev–Trinajstić information content (AvgIpc) is 2.53. The van der Waals surface area contributed by atoms with E-state index < -0.39 is 0 Å². The SMILES string of the molecule is CCOC(=O)/C=C(\SCc1ccccn1)c1ccccc1. The Morgan fingerprint density at radius 3 is 2.62 bits per heavy atom. The fourth-order valence-corrected chi connectivity index (χ4v) is 2.69. The number of carbonyl (C=O) groups is 1. The lowest BCUT2D eigenvalue weighted by Crippen LogP contribution is -2.00. The zero-order valence-corrected chi connectivity index (χ0v) is 12.7. The third kappa shape index (κ3) is 5.08. The second-order valence-corrected chi connectivity index (χ2v) is 5.25. The minimum absolute atomic E-state index is 0.315. The minimum atomic E-state index is -0.315. The Kier molecular flexibility index (Phi) is 6.03. The molecule has 1 heterocycles. The van der Waals surface area contributed by atoms with Gasteiger partial charge in [0.25, 0.3) is 0 Å². The zero-order chi connectivity index (χ0) is 14.9. The summed E-state index contributed by atoms with van der Waals surface area (Å²) in [5.41, 5.74) is 1.99. The van der Waals surface area contributed by atoms with Crippen molar-refractivity contribution in [3.05, 3.63) is 72.1 Å². The second-order valence-electron chi connectivity index (χ2n) is 4.24. The Morgan fingerprint density at radius 1 is 1.19 bits per heavy atom. The highest BCUT2D eigenvalue weighted by Gasteiger charge is 2.07. The summed E-state index contributed by atoms with van der Waals surface area (Å²) in [5.74, 6) is 0.394. The summed E-state index contributed by atoms with van der Waals surface area (Å²) in [6.45, 7) is 2.18. The van der Waals surface area contributed by atoms with E-state index in [-0.39, 0.29) is 5.97 Å². The first-order valence-electron chi connectivity index (χ1n) is 6.76. The lowest BCUT2D eigenvalue weighted by atomic mass is 10.2. The van der Waals surface area contributed by atoms with Crippen molar-refractivity contribution in [2.24, 2.45) is 0 Å². The Morgan fingerprint density at radius 2 is 1.95 bits per heavy atom. The van der Waals surface area contributed by atoms with Gasteiger partial charge in [0.1, 0.15) is 0 Å². The molecule has 0 amide bonds. The minimum Gasteiger partial charge on any atom is -0.463 e. The van der Waals surface area contributed by atoms with E-state index in [1.165, 1.54) is 0 Å². The molecule has 0 aliphatic rings. The van der Waals surface area contributed by atoms with Gasteiger partial charge in [0, 0.05) is 22.9 Å². The van der Waals surface area contributed by atoms with Crippen molar-refractivity contribution < 1.29 is 9.53 Å². The molecule has 2 aromatic rings. The molecule has 0 saturated carbocycles. The molecule has 0 aliphatic heterocycles. The molecule has 1 aromatic carbocycles. The van der Waals surface area contributed by atoms with Gasteiger partial charge in [0.2, 0.25) is 0 Å². The number of carbonyl (C=O) groups excluding carboxylic acids is 1. The molecule has 4 heteroatoms. The molecule has 1 aromatic heterocycles. The van der Waals surface area contributed by atoms with Gasteiger partial charge in [-0.3, -0.25) is 4.98 Å². The molecular weight excluding hydrogens is 282 g/mol. The molecule has 0 atom stereocenters. The quantitative estimate of drug-likeness (QED) is 0.598. The maximum Gasteiger partial charge on any atom is 0.331 e. The van der Waals surface area contributed by atoms with E-state index in [4.69, 9.17) is 4.74 Å². The van der Waals surface area contributed by atoms with Crippen molar-refractivity contribution >= 4 is 22.6 Å². The van der Waals surface area contributed by atoms with Crippen molar-refractivity contribution in [2.75, 3.05) is 6.61 Å².